The number of anilines is 1. The first-order valence-electron chi connectivity index (χ1n) is 10.7. The molecular formula is C24H33N3O5S. The largest absolute Gasteiger partial charge is 0.497 e. The Morgan fingerprint density at radius 1 is 1.06 bits per heavy atom. The van der Waals surface area contributed by atoms with Crippen molar-refractivity contribution >= 4 is 27.5 Å². The smallest absolute Gasteiger partial charge is 0.244 e. The minimum Gasteiger partial charge on any atom is -0.497 e. The Labute approximate surface area is 196 Å². The zero-order chi connectivity index (χ0) is 24.8. The lowest BCUT2D eigenvalue weighted by molar-refractivity contribution is -0.140. The Morgan fingerprint density at radius 3 is 2.09 bits per heavy atom. The number of hydrogen-bond acceptors (Lipinski definition) is 5. The van der Waals surface area contributed by atoms with Crippen molar-refractivity contribution < 1.29 is 22.7 Å². The third kappa shape index (κ3) is 6.47. The van der Waals surface area contributed by atoms with Gasteiger partial charge in [-0.1, -0.05) is 37.3 Å². The molecule has 9 heteroatoms. The maximum atomic E-state index is 13.6. The van der Waals surface area contributed by atoms with E-state index in [1.165, 1.54) is 11.9 Å². The second-order valence-corrected chi connectivity index (χ2v) is 9.82. The number of likely N-dealkylation sites (N-methyl/N-ethyl adjacent to an activating group) is 1. The van der Waals surface area contributed by atoms with Crippen LogP contribution in [0.1, 0.15) is 30.0 Å². The van der Waals surface area contributed by atoms with Crippen LogP contribution < -0.4 is 14.4 Å². The van der Waals surface area contributed by atoms with Crippen LogP contribution in [0, 0.1) is 13.8 Å². The van der Waals surface area contributed by atoms with Crippen LogP contribution in [0.15, 0.2) is 42.5 Å². The Morgan fingerprint density at radius 2 is 1.64 bits per heavy atom. The van der Waals surface area contributed by atoms with Crippen LogP contribution in [0.25, 0.3) is 0 Å². The van der Waals surface area contributed by atoms with E-state index in [-0.39, 0.29) is 12.5 Å². The maximum absolute atomic E-state index is 13.6. The van der Waals surface area contributed by atoms with Gasteiger partial charge in [-0.05, 0) is 49.1 Å². The Hall–Kier alpha value is -3.07. The van der Waals surface area contributed by atoms with Crippen molar-refractivity contribution in [1.82, 2.24) is 10.2 Å². The molecule has 180 valence electrons. The molecule has 2 amide bonds. The van der Waals surface area contributed by atoms with Crippen molar-refractivity contribution in [3.8, 4) is 5.75 Å². The molecule has 1 atom stereocenters. The molecule has 0 unspecified atom stereocenters. The standard InChI is InChI=1S/C24H33N3O5S/c1-7-21(24(29)25-4)26(15-19-11-13-20(32-5)14-12-19)22(28)16-27(33(6,30)31)23-17(2)9-8-10-18(23)3/h8-14,21H,7,15-16H2,1-6H3,(H,25,29)/t21-/m1/s1. The van der Waals surface area contributed by atoms with Gasteiger partial charge in [0.05, 0.1) is 19.1 Å². The topological polar surface area (TPSA) is 96.0 Å². The first-order valence-corrected chi connectivity index (χ1v) is 12.6. The van der Waals surface area contributed by atoms with E-state index in [0.717, 1.165) is 27.3 Å². The molecule has 0 fully saturated rings. The Kier molecular flexibility index (Phi) is 8.87. The first kappa shape index (κ1) is 26.2. The number of nitrogens with zero attached hydrogens (tertiary/aromatic N) is 2. The number of sulfonamides is 1. The summed E-state index contributed by atoms with van der Waals surface area (Å²) in [6, 6.07) is 11.9. The summed E-state index contributed by atoms with van der Waals surface area (Å²) in [6.07, 6.45) is 1.46. The van der Waals surface area contributed by atoms with Crippen molar-refractivity contribution in [2.75, 3.05) is 31.3 Å². The summed E-state index contributed by atoms with van der Waals surface area (Å²) >= 11 is 0. The van der Waals surface area contributed by atoms with Gasteiger partial charge in [-0.25, -0.2) is 8.42 Å². The lowest BCUT2D eigenvalue weighted by Gasteiger charge is -2.33. The number of ether oxygens (including phenoxy) is 1. The average molecular weight is 476 g/mol. The van der Waals surface area contributed by atoms with Gasteiger partial charge in [-0.15, -0.1) is 0 Å². The fourth-order valence-electron chi connectivity index (χ4n) is 3.79. The number of rotatable bonds is 10. The third-order valence-electron chi connectivity index (χ3n) is 5.51. The molecule has 0 aliphatic heterocycles. The molecule has 0 spiro atoms. The van der Waals surface area contributed by atoms with E-state index in [9.17, 15) is 18.0 Å². The molecule has 1 N–H and O–H groups in total. The van der Waals surface area contributed by atoms with Gasteiger partial charge in [0.2, 0.25) is 21.8 Å². The van der Waals surface area contributed by atoms with Crippen molar-refractivity contribution in [3.63, 3.8) is 0 Å². The van der Waals surface area contributed by atoms with E-state index in [1.807, 2.05) is 25.1 Å². The van der Waals surface area contributed by atoms with Gasteiger partial charge in [0.15, 0.2) is 0 Å². The molecule has 2 aromatic carbocycles. The summed E-state index contributed by atoms with van der Waals surface area (Å²) in [4.78, 5) is 27.6. The van der Waals surface area contributed by atoms with Gasteiger partial charge < -0.3 is 15.0 Å². The molecule has 2 aromatic rings. The summed E-state index contributed by atoms with van der Waals surface area (Å²) in [5.41, 5.74) is 2.76. The van der Waals surface area contributed by atoms with Crippen LogP contribution in [0.4, 0.5) is 5.69 Å². The predicted molar refractivity (Wildman–Crippen MR) is 130 cm³/mol. The normalized spacial score (nSPS) is 12.1. The van der Waals surface area contributed by atoms with Crippen molar-refractivity contribution in [1.29, 1.82) is 0 Å². The van der Waals surface area contributed by atoms with Gasteiger partial charge >= 0.3 is 0 Å². The number of para-hydroxylation sites is 1. The number of nitrogens with one attached hydrogen (secondary N) is 1. The zero-order valence-electron chi connectivity index (χ0n) is 20.1. The number of carbonyl (C=O) groups excluding carboxylic acids is 2. The van der Waals surface area contributed by atoms with Crippen LogP contribution >= 0.6 is 0 Å². The average Bonchev–Trinajstić information content (AvgIpc) is 2.77. The predicted octanol–water partition coefficient (Wildman–Crippen LogP) is 2.63. The van der Waals surface area contributed by atoms with E-state index in [4.69, 9.17) is 4.74 Å². The number of carbonyl (C=O) groups is 2. The highest BCUT2D eigenvalue weighted by molar-refractivity contribution is 7.92. The number of amides is 2. The minimum absolute atomic E-state index is 0.152. The van der Waals surface area contributed by atoms with Gasteiger partial charge in [-0.2, -0.15) is 0 Å². The highest BCUT2D eigenvalue weighted by Crippen LogP contribution is 2.27. The fraction of sp³-hybridized carbons (Fsp3) is 0.417. The van der Waals surface area contributed by atoms with E-state index >= 15 is 0 Å². The molecule has 0 saturated carbocycles. The molecule has 0 aliphatic carbocycles. The molecule has 2 rings (SSSR count). The first-order chi connectivity index (χ1) is 15.5. The molecule has 0 radical (unpaired) electrons. The second kappa shape index (κ2) is 11.2. The monoisotopic (exact) mass is 475 g/mol. The molecule has 0 aliphatic rings. The quantitative estimate of drug-likeness (QED) is 0.570. The SMILES string of the molecule is CC[C@H](C(=O)NC)N(Cc1ccc(OC)cc1)C(=O)CN(c1c(C)cccc1C)S(C)(=O)=O. The van der Waals surface area contributed by atoms with Crippen molar-refractivity contribution in [2.45, 2.75) is 39.8 Å². The number of benzene rings is 2. The summed E-state index contributed by atoms with van der Waals surface area (Å²) < 4.78 is 31.7. The Bertz CT molecular complexity index is 1060. The summed E-state index contributed by atoms with van der Waals surface area (Å²) in [7, 11) is -0.682. The second-order valence-electron chi connectivity index (χ2n) is 7.92. The summed E-state index contributed by atoms with van der Waals surface area (Å²) in [6.45, 7) is 5.17. The van der Waals surface area contributed by atoms with Crippen LogP contribution in [0.2, 0.25) is 0 Å². The molecule has 0 bridgehead atoms. The van der Waals surface area contributed by atoms with E-state index in [0.29, 0.717) is 17.9 Å². The zero-order valence-corrected chi connectivity index (χ0v) is 20.9. The van der Waals surface area contributed by atoms with E-state index in [2.05, 4.69) is 5.32 Å². The fourth-order valence-corrected chi connectivity index (χ4v) is 4.75. The van der Waals surface area contributed by atoms with Crippen molar-refractivity contribution in [3.05, 3.63) is 59.2 Å². The minimum atomic E-state index is -3.76. The van der Waals surface area contributed by atoms with Gasteiger partial charge in [0, 0.05) is 13.6 Å². The molecule has 8 nitrogen and oxygen atoms in total. The number of hydrogen-bond donors (Lipinski definition) is 1. The number of methoxy groups -OCH3 is 1. The van der Waals surface area contributed by atoms with Gasteiger partial charge in [0.1, 0.15) is 18.3 Å². The van der Waals surface area contributed by atoms with Crippen LogP contribution in [0.5, 0.6) is 5.75 Å². The van der Waals surface area contributed by atoms with E-state index < -0.39 is 28.5 Å². The number of aryl methyl sites for hydroxylation is 2. The van der Waals surface area contributed by atoms with Crippen LogP contribution in [-0.2, 0) is 26.2 Å². The molecule has 33 heavy (non-hydrogen) atoms. The summed E-state index contributed by atoms with van der Waals surface area (Å²) in [5, 5.41) is 2.60. The maximum Gasteiger partial charge on any atom is 0.244 e. The molecule has 0 aromatic heterocycles. The van der Waals surface area contributed by atoms with Gasteiger partial charge in [-0.3, -0.25) is 13.9 Å². The molecular weight excluding hydrogens is 442 g/mol. The van der Waals surface area contributed by atoms with Crippen LogP contribution in [-0.4, -0.2) is 58.1 Å². The highest BCUT2D eigenvalue weighted by Gasteiger charge is 2.32. The lowest BCUT2D eigenvalue weighted by Crippen LogP contribution is -2.51. The van der Waals surface area contributed by atoms with Gasteiger partial charge in [0.25, 0.3) is 0 Å². The van der Waals surface area contributed by atoms with Crippen LogP contribution in [0.3, 0.4) is 0 Å². The lowest BCUT2D eigenvalue weighted by atomic mass is 10.1. The summed E-state index contributed by atoms with van der Waals surface area (Å²) in [5.74, 6) is -0.0973. The highest BCUT2D eigenvalue weighted by atomic mass is 32.2. The Balaban J connectivity index is 2.47. The third-order valence-corrected chi connectivity index (χ3v) is 6.62. The molecule has 0 saturated heterocycles. The van der Waals surface area contributed by atoms with E-state index in [1.54, 1.807) is 45.2 Å². The van der Waals surface area contributed by atoms with Crippen molar-refractivity contribution in [2.24, 2.45) is 0 Å². The molecule has 0 heterocycles.